The van der Waals surface area contributed by atoms with Gasteiger partial charge in [0.1, 0.15) is 6.07 Å². The van der Waals surface area contributed by atoms with Crippen LogP contribution in [0.2, 0.25) is 0 Å². The van der Waals surface area contributed by atoms with Gasteiger partial charge in [-0.2, -0.15) is 5.26 Å². The minimum absolute atomic E-state index is 0.654. The molecule has 0 aliphatic rings. The van der Waals surface area contributed by atoms with Crippen LogP contribution in [0.5, 0.6) is 0 Å². The van der Waals surface area contributed by atoms with Crippen molar-refractivity contribution in [3.63, 3.8) is 0 Å². The van der Waals surface area contributed by atoms with Gasteiger partial charge < -0.3 is 4.57 Å². The first kappa shape index (κ1) is 15.1. The average molecular weight is 324 g/mol. The molecule has 0 saturated carbocycles. The SMILES string of the molecule is Cc1ccncc1-c1ccc2c(c1)c(C#N)cn2-c1cnccc1C. The Morgan fingerprint density at radius 1 is 0.960 bits per heavy atom. The summed E-state index contributed by atoms with van der Waals surface area (Å²) in [5.41, 5.74) is 7.06. The van der Waals surface area contributed by atoms with Crippen molar-refractivity contribution < 1.29 is 0 Å². The van der Waals surface area contributed by atoms with E-state index < -0.39 is 0 Å². The van der Waals surface area contributed by atoms with E-state index in [4.69, 9.17) is 0 Å². The molecule has 4 rings (SSSR count). The molecule has 3 heterocycles. The molecule has 4 aromatic rings. The Labute approximate surface area is 146 Å². The summed E-state index contributed by atoms with van der Waals surface area (Å²) in [6.45, 7) is 4.11. The molecule has 0 unspecified atom stereocenters. The van der Waals surface area contributed by atoms with Crippen molar-refractivity contribution in [2.75, 3.05) is 0 Å². The van der Waals surface area contributed by atoms with E-state index in [2.05, 4.69) is 41.2 Å². The summed E-state index contributed by atoms with van der Waals surface area (Å²) in [6.07, 6.45) is 9.15. The maximum absolute atomic E-state index is 9.59. The summed E-state index contributed by atoms with van der Waals surface area (Å²) in [7, 11) is 0. The van der Waals surface area contributed by atoms with Crippen LogP contribution in [0, 0.1) is 25.2 Å². The van der Waals surface area contributed by atoms with Crippen LogP contribution in [0.4, 0.5) is 0 Å². The van der Waals surface area contributed by atoms with Gasteiger partial charge in [-0.15, -0.1) is 0 Å². The molecule has 0 bridgehead atoms. The highest BCUT2D eigenvalue weighted by Gasteiger charge is 2.13. The minimum atomic E-state index is 0.654. The van der Waals surface area contributed by atoms with Gasteiger partial charge in [-0.3, -0.25) is 9.97 Å². The van der Waals surface area contributed by atoms with E-state index in [0.29, 0.717) is 5.56 Å². The van der Waals surface area contributed by atoms with Crippen LogP contribution in [0.1, 0.15) is 16.7 Å². The molecule has 0 aliphatic carbocycles. The van der Waals surface area contributed by atoms with Crippen LogP contribution < -0.4 is 0 Å². The fourth-order valence-corrected chi connectivity index (χ4v) is 3.16. The predicted octanol–water partition coefficient (Wildman–Crippen LogP) is 4.58. The Kier molecular flexibility index (Phi) is 3.55. The Balaban J connectivity index is 1.97. The molecule has 0 spiro atoms. The second-order valence-electron chi connectivity index (χ2n) is 6.11. The van der Waals surface area contributed by atoms with E-state index >= 15 is 0 Å². The highest BCUT2D eigenvalue weighted by molar-refractivity contribution is 5.92. The van der Waals surface area contributed by atoms with Crippen molar-refractivity contribution in [2.45, 2.75) is 13.8 Å². The number of nitrogens with zero attached hydrogens (tertiary/aromatic N) is 4. The lowest BCUT2D eigenvalue weighted by Crippen LogP contribution is -1.96. The standard InChI is InChI=1S/C21H16N4/c1-14-5-7-23-11-19(14)16-3-4-20-18(9-16)17(10-22)13-25(20)21-12-24-8-6-15(21)2/h3-9,11-13H,1-2H3. The second kappa shape index (κ2) is 5.88. The lowest BCUT2D eigenvalue weighted by atomic mass is 10.0. The molecular formula is C21H16N4. The van der Waals surface area contributed by atoms with E-state index in [1.807, 2.05) is 42.2 Å². The third-order valence-corrected chi connectivity index (χ3v) is 4.55. The highest BCUT2D eigenvalue weighted by Crippen LogP contribution is 2.31. The van der Waals surface area contributed by atoms with E-state index in [1.54, 1.807) is 12.4 Å². The molecule has 4 heteroatoms. The number of fused-ring (bicyclic) bond motifs is 1. The van der Waals surface area contributed by atoms with Crippen molar-refractivity contribution >= 4 is 10.9 Å². The Hall–Kier alpha value is -3.45. The van der Waals surface area contributed by atoms with E-state index in [-0.39, 0.29) is 0 Å². The quantitative estimate of drug-likeness (QED) is 0.542. The molecule has 0 aliphatic heterocycles. The van der Waals surface area contributed by atoms with Crippen LogP contribution in [0.15, 0.2) is 61.3 Å². The molecule has 0 fully saturated rings. The predicted molar refractivity (Wildman–Crippen MR) is 98.5 cm³/mol. The van der Waals surface area contributed by atoms with Gasteiger partial charge in [0.05, 0.1) is 23.0 Å². The zero-order valence-electron chi connectivity index (χ0n) is 14.1. The lowest BCUT2D eigenvalue weighted by Gasteiger charge is -2.09. The van der Waals surface area contributed by atoms with Crippen LogP contribution in [-0.4, -0.2) is 14.5 Å². The number of hydrogen-bond acceptors (Lipinski definition) is 3. The van der Waals surface area contributed by atoms with Gasteiger partial charge >= 0.3 is 0 Å². The van der Waals surface area contributed by atoms with Gasteiger partial charge in [0.25, 0.3) is 0 Å². The number of hydrogen-bond donors (Lipinski definition) is 0. The summed E-state index contributed by atoms with van der Waals surface area (Å²) in [5, 5.41) is 10.5. The van der Waals surface area contributed by atoms with Gasteiger partial charge in [-0.25, -0.2) is 0 Å². The van der Waals surface area contributed by atoms with Crippen LogP contribution in [0.3, 0.4) is 0 Å². The number of benzene rings is 1. The fourth-order valence-electron chi connectivity index (χ4n) is 3.16. The molecule has 25 heavy (non-hydrogen) atoms. The normalized spacial score (nSPS) is 10.8. The molecule has 0 radical (unpaired) electrons. The molecule has 0 atom stereocenters. The summed E-state index contributed by atoms with van der Waals surface area (Å²) in [6, 6.07) is 12.5. The first-order chi connectivity index (χ1) is 12.2. The van der Waals surface area contributed by atoms with Gasteiger partial charge in [0.2, 0.25) is 0 Å². The van der Waals surface area contributed by atoms with Crippen LogP contribution in [0.25, 0.3) is 27.7 Å². The Morgan fingerprint density at radius 3 is 2.44 bits per heavy atom. The molecule has 1 aromatic carbocycles. The van der Waals surface area contributed by atoms with E-state index in [1.165, 1.54) is 0 Å². The molecular weight excluding hydrogens is 308 g/mol. The monoisotopic (exact) mass is 324 g/mol. The average Bonchev–Trinajstić information content (AvgIpc) is 3.00. The molecule has 0 amide bonds. The number of nitriles is 1. The van der Waals surface area contributed by atoms with Gasteiger partial charge in [-0.05, 0) is 54.8 Å². The minimum Gasteiger partial charge on any atom is -0.313 e. The maximum Gasteiger partial charge on any atom is 0.101 e. The summed E-state index contributed by atoms with van der Waals surface area (Å²) in [4.78, 5) is 8.46. The summed E-state index contributed by atoms with van der Waals surface area (Å²) >= 11 is 0. The Bertz CT molecular complexity index is 1130. The lowest BCUT2D eigenvalue weighted by molar-refractivity contribution is 1.07. The van der Waals surface area contributed by atoms with Crippen molar-refractivity contribution in [1.82, 2.24) is 14.5 Å². The number of aromatic nitrogens is 3. The van der Waals surface area contributed by atoms with Crippen molar-refractivity contribution in [2.24, 2.45) is 0 Å². The molecule has 4 nitrogen and oxygen atoms in total. The van der Waals surface area contributed by atoms with Gasteiger partial charge in [-0.1, -0.05) is 6.07 Å². The number of pyridine rings is 2. The van der Waals surface area contributed by atoms with Crippen molar-refractivity contribution in [3.05, 3.63) is 78.0 Å². The zero-order chi connectivity index (χ0) is 17.4. The molecule has 0 N–H and O–H groups in total. The molecule has 3 aromatic heterocycles. The van der Waals surface area contributed by atoms with Crippen LogP contribution >= 0.6 is 0 Å². The first-order valence-electron chi connectivity index (χ1n) is 8.06. The third-order valence-electron chi connectivity index (χ3n) is 4.55. The smallest absolute Gasteiger partial charge is 0.101 e. The van der Waals surface area contributed by atoms with E-state index in [0.717, 1.165) is 38.8 Å². The largest absolute Gasteiger partial charge is 0.313 e. The summed E-state index contributed by atoms with van der Waals surface area (Å²) < 4.78 is 2.04. The highest BCUT2D eigenvalue weighted by atomic mass is 15.0. The topological polar surface area (TPSA) is 54.5 Å². The van der Waals surface area contributed by atoms with Crippen molar-refractivity contribution in [1.29, 1.82) is 5.26 Å². The third kappa shape index (κ3) is 2.47. The fraction of sp³-hybridized carbons (Fsp3) is 0.0952. The van der Waals surface area contributed by atoms with Crippen LogP contribution in [-0.2, 0) is 0 Å². The van der Waals surface area contributed by atoms with E-state index in [9.17, 15) is 5.26 Å². The van der Waals surface area contributed by atoms with Gasteiger partial charge in [0.15, 0.2) is 0 Å². The van der Waals surface area contributed by atoms with Gasteiger partial charge in [0, 0.05) is 35.7 Å². The molecule has 0 saturated heterocycles. The Morgan fingerprint density at radius 2 is 1.72 bits per heavy atom. The number of aryl methyl sites for hydroxylation is 2. The maximum atomic E-state index is 9.59. The molecule has 120 valence electrons. The summed E-state index contributed by atoms with van der Waals surface area (Å²) in [5.74, 6) is 0. The number of rotatable bonds is 2. The zero-order valence-corrected chi connectivity index (χ0v) is 14.1. The second-order valence-corrected chi connectivity index (χ2v) is 6.11. The van der Waals surface area contributed by atoms with Crippen molar-refractivity contribution in [3.8, 4) is 22.9 Å². The first-order valence-corrected chi connectivity index (χ1v) is 8.06.